The number of halogens is 1. The zero-order chi connectivity index (χ0) is 18.0. The first-order valence-electron chi connectivity index (χ1n) is 8.49. The van der Waals surface area contributed by atoms with Gasteiger partial charge in [-0.25, -0.2) is 9.37 Å². The standard InChI is InChI=1S/C20H21FN2O2/c1-4-19-22-17-12-15(21)8-11-18(17)23(19)16-9-6-14(7-10-16)13(3)20(24)25-5-2/h6-13H,4-5H2,1-3H3. The van der Waals surface area contributed by atoms with Gasteiger partial charge < -0.3 is 4.74 Å². The molecule has 0 N–H and O–H groups in total. The van der Waals surface area contributed by atoms with Gasteiger partial charge in [-0.2, -0.15) is 0 Å². The highest BCUT2D eigenvalue weighted by Gasteiger charge is 2.17. The van der Waals surface area contributed by atoms with Gasteiger partial charge in [0.15, 0.2) is 0 Å². The highest BCUT2D eigenvalue weighted by molar-refractivity contribution is 5.79. The van der Waals surface area contributed by atoms with Crippen molar-refractivity contribution in [3.8, 4) is 5.69 Å². The monoisotopic (exact) mass is 340 g/mol. The predicted molar refractivity (Wildman–Crippen MR) is 95.5 cm³/mol. The quantitative estimate of drug-likeness (QED) is 0.647. The molecule has 0 fully saturated rings. The lowest BCUT2D eigenvalue weighted by Gasteiger charge is -2.13. The van der Waals surface area contributed by atoms with Crippen LogP contribution in [0.1, 0.15) is 38.1 Å². The van der Waals surface area contributed by atoms with Crippen LogP contribution < -0.4 is 0 Å². The SMILES string of the molecule is CCOC(=O)C(C)c1ccc(-n2c(CC)nc3cc(F)ccc32)cc1. The third-order valence-corrected chi connectivity index (χ3v) is 4.29. The number of imidazole rings is 1. The van der Waals surface area contributed by atoms with Crippen molar-refractivity contribution in [1.29, 1.82) is 0 Å². The molecule has 0 saturated heterocycles. The van der Waals surface area contributed by atoms with E-state index in [0.29, 0.717) is 12.1 Å². The number of carbonyl (C=O) groups is 1. The van der Waals surface area contributed by atoms with Crippen molar-refractivity contribution in [2.75, 3.05) is 6.61 Å². The summed E-state index contributed by atoms with van der Waals surface area (Å²) in [5, 5.41) is 0. The molecule has 25 heavy (non-hydrogen) atoms. The Morgan fingerprint density at radius 1 is 1.20 bits per heavy atom. The van der Waals surface area contributed by atoms with E-state index in [1.54, 1.807) is 13.0 Å². The van der Waals surface area contributed by atoms with Crippen molar-refractivity contribution in [2.45, 2.75) is 33.1 Å². The Balaban J connectivity index is 2.00. The van der Waals surface area contributed by atoms with Crippen molar-refractivity contribution in [1.82, 2.24) is 9.55 Å². The molecule has 0 aliphatic carbocycles. The molecular formula is C20H21FN2O2. The van der Waals surface area contributed by atoms with Crippen molar-refractivity contribution in [3.63, 3.8) is 0 Å². The topological polar surface area (TPSA) is 44.1 Å². The van der Waals surface area contributed by atoms with Crippen LogP contribution in [0, 0.1) is 5.82 Å². The molecule has 1 heterocycles. The van der Waals surface area contributed by atoms with E-state index in [0.717, 1.165) is 29.0 Å². The average Bonchev–Trinajstić information content (AvgIpc) is 2.99. The van der Waals surface area contributed by atoms with Crippen molar-refractivity contribution < 1.29 is 13.9 Å². The van der Waals surface area contributed by atoms with Crippen LogP contribution in [0.15, 0.2) is 42.5 Å². The zero-order valence-corrected chi connectivity index (χ0v) is 14.6. The number of carbonyl (C=O) groups excluding carboxylic acids is 1. The van der Waals surface area contributed by atoms with Gasteiger partial charge in [0, 0.05) is 18.2 Å². The van der Waals surface area contributed by atoms with Crippen LogP contribution in [-0.2, 0) is 16.0 Å². The molecule has 0 amide bonds. The number of nitrogens with zero attached hydrogens (tertiary/aromatic N) is 2. The molecule has 3 aromatic rings. The van der Waals surface area contributed by atoms with Crippen LogP contribution in [0.3, 0.4) is 0 Å². The first kappa shape index (κ1) is 17.1. The maximum absolute atomic E-state index is 13.5. The van der Waals surface area contributed by atoms with Gasteiger partial charge in [0.2, 0.25) is 0 Å². The number of fused-ring (bicyclic) bond motifs is 1. The number of rotatable bonds is 5. The van der Waals surface area contributed by atoms with E-state index in [1.807, 2.05) is 42.7 Å². The van der Waals surface area contributed by atoms with Crippen molar-refractivity contribution >= 4 is 17.0 Å². The molecule has 4 nitrogen and oxygen atoms in total. The smallest absolute Gasteiger partial charge is 0.313 e. The molecule has 1 aromatic heterocycles. The fourth-order valence-electron chi connectivity index (χ4n) is 2.94. The van der Waals surface area contributed by atoms with E-state index in [2.05, 4.69) is 4.98 Å². The molecule has 1 atom stereocenters. The van der Waals surface area contributed by atoms with E-state index in [4.69, 9.17) is 4.74 Å². The molecule has 0 radical (unpaired) electrons. The minimum absolute atomic E-state index is 0.229. The minimum Gasteiger partial charge on any atom is -0.466 e. The van der Waals surface area contributed by atoms with Crippen LogP contribution in [-0.4, -0.2) is 22.1 Å². The summed E-state index contributed by atoms with van der Waals surface area (Å²) in [6.45, 7) is 6.02. The van der Waals surface area contributed by atoms with Gasteiger partial charge in [0.05, 0.1) is 23.6 Å². The van der Waals surface area contributed by atoms with Crippen LogP contribution >= 0.6 is 0 Å². The molecule has 0 aliphatic heterocycles. The third-order valence-electron chi connectivity index (χ3n) is 4.29. The number of hydrogen-bond acceptors (Lipinski definition) is 3. The number of ether oxygens (including phenoxy) is 1. The molecule has 0 aliphatic rings. The summed E-state index contributed by atoms with van der Waals surface area (Å²) in [7, 11) is 0. The van der Waals surface area contributed by atoms with Crippen molar-refractivity contribution in [2.24, 2.45) is 0 Å². The Hall–Kier alpha value is -2.69. The summed E-state index contributed by atoms with van der Waals surface area (Å²) in [5.74, 6) is 0.0338. The lowest BCUT2D eigenvalue weighted by Crippen LogP contribution is -2.13. The second-order valence-electron chi connectivity index (χ2n) is 5.92. The van der Waals surface area contributed by atoms with E-state index in [9.17, 15) is 9.18 Å². The van der Waals surface area contributed by atoms with Gasteiger partial charge in [0.25, 0.3) is 0 Å². The number of esters is 1. The molecule has 1 unspecified atom stereocenters. The molecule has 2 aromatic carbocycles. The highest BCUT2D eigenvalue weighted by atomic mass is 19.1. The minimum atomic E-state index is -0.312. The van der Waals surface area contributed by atoms with Crippen LogP contribution in [0.4, 0.5) is 4.39 Å². The fraction of sp³-hybridized carbons (Fsp3) is 0.300. The van der Waals surface area contributed by atoms with Crippen LogP contribution in [0.5, 0.6) is 0 Å². The first-order valence-corrected chi connectivity index (χ1v) is 8.49. The molecular weight excluding hydrogens is 319 g/mol. The Bertz CT molecular complexity index is 900. The summed E-state index contributed by atoms with van der Waals surface area (Å²) in [5.41, 5.74) is 3.34. The van der Waals surface area contributed by atoms with Gasteiger partial charge in [-0.3, -0.25) is 9.36 Å². The Kier molecular flexibility index (Phi) is 4.83. The van der Waals surface area contributed by atoms with E-state index >= 15 is 0 Å². The largest absolute Gasteiger partial charge is 0.466 e. The normalized spacial score (nSPS) is 12.3. The summed E-state index contributed by atoms with van der Waals surface area (Å²) >= 11 is 0. The van der Waals surface area contributed by atoms with Crippen LogP contribution in [0.2, 0.25) is 0 Å². The Morgan fingerprint density at radius 2 is 1.92 bits per heavy atom. The lowest BCUT2D eigenvalue weighted by molar-refractivity contribution is -0.144. The fourth-order valence-corrected chi connectivity index (χ4v) is 2.94. The van der Waals surface area contributed by atoms with E-state index in [-0.39, 0.29) is 17.7 Å². The first-order chi connectivity index (χ1) is 12.0. The second-order valence-corrected chi connectivity index (χ2v) is 5.92. The molecule has 3 rings (SSSR count). The molecule has 5 heteroatoms. The summed E-state index contributed by atoms with van der Waals surface area (Å²) < 4.78 is 20.6. The molecule has 0 bridgehead atoms. The molecule has 0 saturated carbocycles. The predicted octanol–water partition coefficient (Wildman–Crippen LogP) is 4.39. The highest BCUT2D eigenvalue weighted by Crippen LogP contribution is 2.25. The maximum atomic E-state index is 13.5. The Morgan fingerprint density at radius 3 is 2.56 bits per heavy atom. The number of benzene rings is 2. The van der Waals surface area contributed by atoms with Gasteiger partial charge in [-0.05, 0) is 43.7 Å². The number of hydrogen-bond donors (Lipinski definition) is 0. The number of aryl methyl sites for hydroxylation is 1. The van der Waals surface area contributed by atoms with Gasteiger partial charge in [0.1, 0.15) is 11.6 Å². The number of aromatic nitrogens is 2. The summed E-state index contributed by atoms with van der Waals surface area (Å²) in [6, 6.07) is 12.4. The van der Waals surface area contributed by atoms with Gasteiger partial charge in [-0.15, -0.1) is 0 Å². The van der Waals surface area contributed by atoms with Gasteiger partial charge in [-0.1, -0.05) is 19.1 Å². The second kappa shape index (κ2) is 7.05. The summed E-state index contributed by atoms with van der Waals surface area (Å²) in [6.07, 6.45) is 0.733. The van der Waals surface area contributed by atoms with Crippen molar-refractivity contribution in [3.05, 3.63) is 59.7 Å². The zero-order valence-electron chi connectivity index (χ0n) is 14.6. The Labute approximate surface area is 146 Å². The average molecular weight is 340 g/mol. The lowest BCUT2D eigenvalue weighted by atomic mass is 10.0. The maximum Gasteiger partial charge on any atom is 0.313 e. The third kappa shape index (κ3) is 3.27. The van der Waals surface area contributed by atoms with E-state index < -0.39 is 0 Å². The molecule has 130 valence electrons. The van der Waals surface area contributed by atoms with Gasteiger partial charge >= 0.3 is 5.97 Å². The van der Waals surface area contributed by atoms with E-state index in [1.165, 1.54) is 12.1 Å². The molecule has 0 spiro atoms. The van der Waals surface area contributed by atoms with Crippen LogP contribution in [0.25, 0.3) is 16.7 Å². The summed E-state index contributed by atoms with van der Waals surface area (Å²) in [4.78, 5) is 16.4.